The molecule has 0 saturated heterocycles. The van der Waals surface area contributed by atoms with Gasteiger partial charge in [-0.3, -0.25) is 9.97 Å². The van der Waals surface area contributed by atoms with Gasteiger partial charge in [-0.2, -0.15) is 5.10 Å². The van der Waals surface area contributed by atoms with Crippen molar-refractivity contribution < 1.29 is 0 Å². The average molecular weight is 421 g/mol. The zero-order valence-electron chi connectivity index (χ0n) is 17.8. The number of aliphatic imine (C=N–C) groups is 1. The average Bonchev–Trinajstić information content (AvgIpc) is 3.26. The summed E-state index contributed by atoms with van der Waals surface area (Å²) in [6.07, 6.45) is 7.05. The van der Waals surface area contributed by atoms with Crippen LogP contribution in [0.4, 0.5) is 11.5 Å². The van der Waals surface area contributed by atoms with Crippen LogP contribution in [0.1, 0.15) is 32.3 Å². The molecule has 0 N–H and O–H groups in total. The lowest BCUT2D eigenvalue weighted by atomic mass is 10.2. The van der Waals surface area contributed by atoms with Gasteiger partial charge in [-0.25, -0.2) is 19.6 Å². The van der Waals surface area contributed by atoms with E-state index in [1.54, 1.807) is 30.4 Å². The van der Waals surface area contributed by atoms with Crippen LogP contribution in [0.3, 0.4) is 0 Å². The second-order valence-electron chi connectivity index (χ2n) is 6.79. The summed E-state index contributed by atoms with van der Waals surface area (Å²) in [6.45, 7) is 10.0. The van der Waals surface area contributed by atoms with Gasteiger partial charge in [-0.1, -0.05) is 0 Å². The number of rotatable bonds is 6. The number of hydrogen-bond donors (Lipinski definition) is 0. The van der Waals surface area contributed by atoms with Crippen LogP contribution in [-0.2, 0) is 0 Å². The molecule has 0 saturated carbocycles. The number of anilines is 1. The fourth-order valence-corrected chi connectivity index (χ4v) is 3.98. The minimum absolute atomic E-state index is 0.713. The Balaban J connectivity index is 1.78. The molecule has 0 aromatic carbocycles. The second-order valence-corrected chi connectivity index (χ2v) is 7.58. The Morgan fingerprint density at radius 3 is 2.53 bits per heavy atom. The molecule has 8 nitrogen and oxygen atoms in total. The highest BCUT2D eigenvalue weighted by Gasteiger charge is 2.29. The lowest BCUT2D eigenvalue weighted by Crippen LogP contribution is -2.23. The van der Waals surface area contributed by atoms with Crippen LogP contribution in [-0.4, -0.2) is 55.4 Å². The standard InChI is InChI=1S/C21H24N8S/c1-6-28(7-2)17-9-8-15(13(3)24-17)25-18-14(4)27-29-19(16-12-22-10-11-23-16)21(30-5)26-20(18)29/h8-12H,6-7H2,1-5H3/b25-18-. The molecule has 4 heterocycles. The third-order valence-electron chi connectivity index (χ3n) is 4.99. The van der Waals surface area contributed by atoms with Crippen molar-refractivity contribution in [1.29, 1.82) is 0 Å². The highest BCUT2D eigenvalue weighted by Crippen LogP contribution is 2.33. The first-order valence-electron chi connectivity index (χ1n) is 9.88. The Bertz CT molecular complexity index is 1130. The first-order chi connectivity index (χ1) is 14.6. The van der Waals surface area contributed by atoms with Crippen LogP contribution < -0.4 is 4.90 Å². The molecule has 9 heteroatoms. The monoisotopic (exact) mass is 420 g/mol. The van der Waals surface area contributed by atoms with E-state index in [0.29, 0.717) is 5.82 Å². The Morgan fingerprint density at radius 2 is 1.90 bits per heavy atom. The van der Waals surface area contributed by atoms with Crippen LogP contribution in [0.2, 0.25) is 0 Å². The molecule has 0 unspecified atom stereocenters. The van der Waals surface area contributed by atoms with Gasteiger partial charge in [0.15, 0.2) is 5.82 Å². The summed E-state index contributed by atoms with van der Waals surface area (Å²) in [7, 11) is 0. The van der Waals surface area contributed by atoms with Gasteiger partial charge in [-0.05, 0) is 46.1 Å². The normalized spacial score (nSPS) is 14.2. The first kappa shape index (κ1) is 20.2. The van der Waals surface area contributed by atoms with Crippen LogP contribution >= 0.6 is 11.8 Å². The molecular weight excluding hydrogens is 396 g/mol. The van der Waals surface area contributed by atoms with Gasteiger partial charge >= 0.3 is 0 Å². The maximum atomic E-state index is 4.89. The Hall–Kier alpha value is -3.07. The zero-order chi connectivity index (χ0) is 21.3. The first-order valence-corrected chi connectivity index (χ1v) is 11.1. The minimum atomic E-state index is 0.713. The van der Waals surface area contributed by atoms with Crippen LogP contribution in [0.15, 0.2) is 45.8 Å². The van der Waals surface area contributed by atoms with E-state index in [-0.39, 0.29) is 0 Å². The predicted octanol–water partition coefficient (Wildman–Crippen LogP) is 3.97. The van der Waals surface area contributed by atoms with Crippen LogP contribution in [0.5, 0.6) is 0 Å². The molecule has 0 amide bonds. The largest absolute Gasteiger partial charge is 0.357 e. The molecular formula is C21H24N8S. The van der Waals surface area contributed by atoms with E-state index >= 15 is 0 Å². The summed E-state index contributed by atoms with van der Waals surface area (Å²) in [5, 5.41) is 5.56. The van der Waals surface area contributed by atoms with Crippen molar-refractivity contribution in [3.8, 4) is 11.4 Å². The van der Waals surface area contributed by atoms with E-state index in [9.17, 15) is 0 Å². The number of hydrogen-bond acceptors (Lipinski definition) is 8. The lowest BCUT2D eigenvalue weighted by Gasteiger charge is -2.20. The van der Waals surface area contributed by atoms with Crippen molar-refractivity contribution in [3.05, 3.63) is 42.2 Å². The van der Waals surface area contributed by atoms with Crippen molar-refractivity contribution in [1.82, 2.24) is 24.6 Å². The van der Waals surface area contributed by atoms with Crippen molar-refractivity contribution in [3.63, 3.8) is 0 Å². The number of aromatic nitrogens is 5. The summed E-state index contributed by atoms with van der Waals surface area (Å²) in [5.41, 5.74) is 4.83. The summed E-state index contributed by atoms with van der Waals surface area (Å²) < 4.78 is 1.82. The van der Waals surface area contributed by atoms with E-state index in [0.717, 1.165) is 58.1 Å². The number of nitrogens with zero attached hydrogens (tertiary/aromatic N) is 8. The molecule has 0 fully saturated rings. The van der Waals surface area contributed by atoms with E-state index in [2.05, 4.69) is 28.7 Å². The summed E-state index contributed by atoms with van der Waals surface area (Å²) in [4.78, 5) is 25.3. The number of thioether (sulfide) groups is 1. The topological polar surface area (TPSA) is 84.5 Å². The van der Waals surface area contributed by atoms with Gasteiger partial charge in [-0.15, -0.1) is 11.8 Å². The summed E-state index contributed by atoms with van der Waals surface area (Å²) in [6, 6.07) is 4.03. The number of aryl methyl sites for hydroxylation is 1. The highest BCUT2D eigenvalue weighted by molar-refractivity contribution is 7.98. The quantitative estimate of drug-likeness (QED) is 0.561. The zero-order valence-corrected chi connectivity index (χ0v) is 18.6. The van der Waals surface area contributed by atoms with Crippen molar-refractivity contribution >= 4 is 34.7 Å². The maximum absolute atomic E-state index is 4.89. The molecule has 3 aromatic heterocycles. The SMILES string of the molecule is CCN(CC)c1ccc(/N=C2/C(C)=Nn3c2nc(SC)c3-c2cnccn2)c(C)n1. The van der Waals surface area contributed by atoms with Crippen LogP contribution in [0.25, 0.3) is 11.4 Å². The van der Waals surface area contributed by atoms with Gasteiger partial charge in [0.25, 0.3) is 0 Å². The van der Waals surface area contributed by atoms with Gasteiger partial charge < -0.3 is 4.90 Å². The van der Waals surface area contributed by atoms with Crippen molar-refractivity contribution in [2.45, 2.75) is 32.7 Å². The fraction of sp³-hybridized carbons (Fsp3) is 0.333. The third-order valence-corrected chi connectivity index (χ3v) is 5.66. The molecule has 0 spiro atoms. The lowest BCUT2D eigenvalue weighted by molar-refractivity contribution is 0.842. The highest BCUT2D eigenvalue weighted by atomic mass is 32.2. The maximum Gasteiger partial charge on any atom is 0.183 e. The molecule has 0 aliphatic carbocycles. The molecule has 0 bridgehead atoms. The number of fused-ring (bicyclic) bond motifs is 1. The molecule has 0 atom stereocenters. The summed E-state index contributed by atoms with van der Waals surface area (Å²) >= 11 is 1.56. The third kappa shape index (κ3) is 3.49. The van der Waals surface area contributed by atoms with Crippen molar-refractivity contribution in [2.24, 2.45) is 10.1 Å². The molecule has 154 valence electrons. The van der Waals surface area contributed by atoms with Gasteiger partial charge in [0.05, 0.1) is 23.3 Å². The molecule has 4 rings (SSSR count). The summed E-state index contributed by atoms with van der Waals surface area (Å²) in [5.74, 6) is 1.68. The van der Waals surface area contributed by atoms with E-state index in [1.165, 1.54) is 0 Å². The molecule has 3 aromatic rings. The molecule has 1 aliphatic heterocycles. The van der Waals surface area contributed by atoms with Crippen LogP contribution in [0, 0.1) is 6.92 Å². The molecule has 1 aliphatic rings. The Kier molecular flexibility index (Phi) is 5.63. The van der Waals surface area contributed by atoms with E-state index in [4.69, 9.17) is 20.1 Å². The number of pyridine rings is 1. The smallest absolute Gasteiger partial charge is 0.183 e. The Labute approximate surface area is 180 Å². The van der Waals surface area contributed by atoms with Gasteiger partial charge in [0.2, 0.25) is 0 Å². The van der Waals surface area contributed by atoms with Gasteiger partial charge in [0.1, 0.15) is 27.9 Å². The fourth-order valence-electron chi connectivity index (χ4n) is 3.42. The van der Waals surface area contributed by atoms with Crippen molar-refractivity contribution in [2.75, 3.05) is 24.2 Å². The van der Waals surface area contributed by atoms with E-state index < -0.39 is 0 Å². The molecule has 30 heavy (non-hydrogen) atoms. The second kappa shape index (κ2) is 8.35. The molecule has 0 radical (unpaired) electrons. The number of imidazole rings is 1. The minimum Gasteiger partial charge on any atom is -0.357 e. The van der Waals surface area contributed by atoms with Gasteiger partial charge in [0, 0.05) is 25.5 Å². The Morgan fingerprint density at radius 1 is 1.10 bits per heavy atom. The predicted molar refractivity (Wildman–Crippen MR) is 122 cm³/mol. The van der Waals surface area contributed by atoms with E-state index in [1.807, 2.05) is 36.9 Å².